The zero-order chi connectivity index (χ0) is 21.3. The van der Waals surface area contributed by atoms with E-state index in [1.54, 1.807) is 19.3 Å². The second-order valence-electron chi connectivity index (χ2n) is 6.38. The van der Waals surface area contributed by atoms with Gasteiger partial charge in [-0.3, -0.25) is 23.7 Å². The number of hydrogen-bond acceptors (Lipinski definition) is 8. The van der Waals surface area contributed by atoms with Crippen LogP contribution in [-0.4, -0.2) is 39.9 Å². The highest BCUT2D eigenvalue weighted by atomic mass is 32.2. The summed E-state index contributed by atoms with van der Waals surface area (Å²) in [6, 6.07) is 3.65. The molecule has 0 aliphatic rings. The van der Waals surface area contributed by atoms with Crippen LogP contribution in [0.3, 0.4) is 0 Å². The minimum Gasteiger partial charge on any atom is -0.384 e. The van der Waals surface area contributed by atoms with Crippen LogP contribution in [0.2, 0.25) is 0 Å². The van der Waals surface area contributed by atoms with Gasteiger partial charge in [0.2, 0.25) is 0 Å². The van der Waals surface area contributed by atoms with Crippen LogP contribution in [0.1, 0.15) is 24.2 Å². The van der Waals surface area contributed by atoms with E-state index in [0.717, 1.165) is 14.7 Å². The van der Waals surface area contributed by atoms with Crippen LogP contribution in [0.15, 0.2) is 39.3 Å². The summed E-state index contributed by atoms with van der Waals surface area (Å²) < 4.78 is 3.84. The van der Waals surface area contributed by atoms with E-state index in [-0.39, 0.29) is 11.4 Å². The molecule has 3 heterocycles. The largest absolute Gasteiger partial charge is 0.384 e. The van der Waals surface area contributed by atoms with Crippen molar-refractivity contribution in [2.75, 3.05) is 5.73 Å². The number of nitrogen functional groups attached to an aromatic ring is 1. The number of nitrogens with two attached hydrogens (primary N) is 1. The Morgan fingerprint density at radius 3 is 2.45 bits per heavy atom. The number of aromatic nitrogens is 6. The summed E-state index contributed by atoms with van der Waals surface area (Å²) in [7, 11) is 2.73. The third kappa shape index (κ3) is 3.60. The molecule has 0 aliphatic heterocycles. The van der Waals surface area contributed by atoms with Crippen molar-refractivity contribution in [2.24, 2.45) is 14.1 Å². The number of rotatable bonds is 6. The monoisotopic (exact) mass is 415 g/mol. The molecule has 0 radical (unpaired) electrons. The van der Waals surface area contributed by atoms with Gasteiger partial charge in [-0.2, -0.15) is 0 Å². The molecule has 1 atom stereocenters. The molecule has 0 aliphatic carbocycles. The molecule has 0 aromatic carbocycles. The van der Waals surface area contributed by atoms with Gasteiger partial charge < -0.3 is 10.3 Å². The Hall–Kier alpha value is -3.21. The Labute approximate surface area is 170 Å². The van der Waals surface area contributed by atoms with Crippen LogP contribution < -0.4 is 17.0 Å². The fourth-order valence-electron chi connectivity index (χ4n) is 2.88. The summed E-state index contributed by atoms with van der Waals surface area (Å²) >= 11 is 1.18. The quantitative estimate of drug-likeness (QED) is 0.460. The molecule has 29 heavy (non-hydrogen) atoms. The fraction of sp³-hybridized carbons (Fsp3) is 0.333. The predicted molar refractivity (Wildman–Crippen MR) is 110 cm³/mol. The van der Waals surface area contributed by atoms with Crippen LogP contribution >= 0.6 is 11.8 Å². The SMILES string of the molecule is CCn1c(SC(C)C(=O)c2c(N)n(C)c(=O)n(C)c2=O)nnc1-c1ccncc1. The number of carbonyl (C=O) groups excluding carboxylic acids is 1. The van der Waals surface area contributed by atoms with Gasteiger partial charge in [-0.25, -0.2) is 4.79 Å². The fourth-order valence-corrected chi connectivity index (χ4v) is 3.85. The van der Waals surface area contributed by atoms with Crippen molar-refractivity contribution in [3.63, 3.8) is 0 Å². The van der Waals surface area contributed by atoms with Gasteiger partial charge >= 0.3 is 5.69 Å². The number of ketones is 1. The van der Waals surface area contributed by atoms with Crippen LogP contribution in [0, 0.1) is 0 Å². The van der Waals surface area contributed by atoms with E-state index in [1.807, 2.05) is 23.6 Å². The predicted octanol–water partition coefficient (Wildman–Crippen LogP) is 0.703. The third-order valence-electron chi connectivity index (χ3n) is 4.58. The van der Waals surface area contributed by atoms with E-state index in [2.05, 4.69) is 15.2 Å². The summed E-state index contributed by atoms with van der Waals surface area (Å²) in [5.74, 6) is 0.0411. The van der Waals surface area contributed by atoms with Crippen LogP contribution in [0.25, 0.3) is 11.4 Å². The normalized spacial score (nSPS) is 12.1. The summed E-state index contributed by atoms with van der Waals surface area (Å²) in [6.07, 6.45) is 3.34. The van der Waals surface area contributed by atoms with Crippen LogP contribution in [-0.2, 0) is 20.6 Å². The summed E-state index contributed by atoms with van der Waals surface area (Å²) in [5, 5.41) is 8.32. The lowest BCUT2D eigenvalue weighted by atomic mass is 10.1. The Bertz CT molecular complexity index is 1180. The molecular formula is C18H21N7O3S. The number of Topliss-reactive ketones (excluding diaryl/α,β-unsaturated/α-hetero) is 1. The minimum atomic E-state index is -0.711. The van der Waals surface area contributed by atoms with Crippen molar-refractivity contribution in [3.8, 4) is 11.4 Å². The number of anilines is 1. The van der Waals surface area contributed by atoms with Gasteiger partial charge in [-0.1, -0.05) is 11.8 Å². The molecule has 0 bridgehead atoms. The van der Waals surface area contributed by atoms with Crippen molar-refractivity contribution >= 4 is 23.4 Å². The maximum absolute atomic E-state index is 13.0. The molecule has 3 aromatic rings. The van der Waals surface area contributed by atoms with Crippen LogP contribution in [0.4, 0.5) is 5.82 Å². The molecule has 11 heteroatoms. The maximum atomic E-state index is 13.0. The average Bonchev–Trinajstić information content (AvgIpc) is 3.13. The van der Waals surface area contributed by atoms with Gasteiger partial charge in [0.05, 0.1) is 5.25 Å². The van der Waals surface area contributed by atoms with Crippen molar-refractivity contribution in [2.45, 2.75) is 30.8 Å². The molecule has 1 unspecified atom stereocenters. The molecule has 0 fully saturated rings. The Balaban J connectivity index is 1.95. The van der Waals surface area contributed by atoms with E-state index >= 15 is 0 Å². The summed E-state index contributed by atoms with van der Waals surface area (Å²) in [4.78, 5) is 41.4. The van der Waals surface area contributed by atoms with Gasteiger partial charge in [0, 0.05) is 38.6 Å². The molecule has 3 rings (SSSR count). The second-order valence-corrected chi connectivity index (χ2v) is 7.68. The van der Waals surface area contributed by atoms with Gasteiger partial charge in [0.25, 0.3) is 5.56 Å². The zero-order valence-electron chi connectivity index (χ0n) is 16.5. The maximum Gasteiger partial charge on any atom is 0.332 e. The van der Waals surface area contributed by atoms with Crippen molar-refractivity contribution in [3.05, 3.63) is 50.9 Å². The lowest BCUT2D eigenvalue weighted by molar-refractivity contribution is 0.0992. The van der Waals surface area contributed by atoms with Gasteiger partial charge in [-0.05, 0) is 26.0 Å². The van der Waals surface area contributed by atoms with E-state index in [4.69, 9.17) is 5.73 Å². The summed E-state index contributed by atoms with van der Waals surface area (Å²) in [5.41, 5.74) is 5.26. The zero-order valence-corrected chi connectivity index (χ0v) is 17.3. The number of hydrogen-bond donors (Lipinski definition) is 1. The Morgan fingerprint density at radius 2 is 1.83 bits per heavy atom. The highest BCUT2D eigenvalue weighted by Crippen LogP contribution is 2.28. The van der Waals surface area contributed by atoms with Crippen LogP contribution in [0.5, 0.6) is 0 Å². The van der Waals surface area contributed by atoms with E-state index < -0.39 is 22.3 Å². The van der Waals surface area contributed by atoms with E-state index in [0.29, 0.717) is 17.5 Å². The molecule has 2 N–H and O–H groups in total. The van der Waals surface area contributed by atoms with Gasteiger partial charge in [0.1, 0.15) is 11.4 Å². The molecule has 3 aromatic heterocycles. The Morgan fingerprint density at radius 1 is 1.17 bits per heavy atom. The molecular weight excluding hydrogens is 394 g/mol. The van der Waals surface area contributed by atoms with Crippen molar-refractivity contribution in [1.29, 1.82) is 0 Å². The van der Waals surface area contributed by atoms with Crippen molar-refractivity contribution < 1.29 is 4.79 Å². The first-order chi connectivity index (χ1) is 13.8. The number of nitrogens with zero attached hydrogens (tertiary/aromatic N) is 6. The lowest BCUT2D eigenvalue weighted by Gasteiger charge is -2.14. The lowest BCUT2D eigenvalue weighted by Crippen LogP contribution is -2.42. The first kappa shape index (κ1) is 20.5. The average molecular weight is 415 g/mol. The smallest absolute Gasteiger partial charge is 0.332 e. The van der Waals surface area contributed by atoms with Gasteiger partial charge in [0.15, 0.2) is 16.8 Å². The highest BCUT2D eigenvalue weighted by molar-refractivity contribution is 8.00. The second kappa shape index (κ2) is 8.03. The topological polar surface area (TPSA) is 131 Å². The molecule has 0 spiro atoms. The molecule has 0 saturated carbocycles. The number of thioether (sulfide) groups is 1. The minimum absolute atomic E-state index is 0.148. The molecule has 0 amide bonds. The molecule has 152 valence electrons. The molecule has 0 saturated heterocycles. The van der Waals surface area contributed by atoms with Crippen molar-refractivity contribution in [1.82, 2.24) is 28.9 Å². The Kier molecular flexibility index (Phi) is 5.69. The standard InChI is InChI=1S/C18H21N7O3S/c1-5-25-15(11-6-8-20-9-7-11)21-22-17(25)29-10(2)13(26)12-14(19)23(3)18(28)24(4)16(12)27/h6-10H,5,19H2,1-4H3. The van der Waals surface area contributed by atoms with Gasteiger partial charge in [-0.15, -0.1) is 10.2 Å². The number of pyridine rings is 1. The third-order valence-corrected chi connectivity index (χ3v) is 5.66. The first-order valence-corrected chi connectivity index (χ1v) is 9.75. The molecule has 10 nitrogen and oxygen atoms in total. The first-order valence-electron chi connectivity index (χ1n) is 8.87. The number of carbonyl (C=O) groups is 1. The van der Waals surface area contributed by atoms with E-state index in [9.17, 15) is 14.4 Å². The highest BCUT2D eigenvalue weighted by Gasteiger charge is 2.27. The van der Waals surface area contributed by atoms with E-state index in [1.165, 1.54) is 25.9 Å². The summed E-state index contributed by atoms with van der Waals surface area (Å²) in [6.45, 7) is 4.21.